The lowest BCUT2D eigenvalue weighted by molar-refractivity contribution is -0.384. The predicted octanol–water partition coefficient (Wildman–Crippen LogP) is 7.55. The van der Waals surface area contributed by atoms with Crippen LogP contribution in [0.3, 0.4) is 0 Å². The fraction of sp³-hybridized carbons (Fsp3) is 0.107. The van der Waals surface area contributed by atoms with Crippen LogP contribution >= 0.6 is 15.9 Å². The Kier molecular flexibility index (Phi) is 7.44. The third-order valence-electron chi connectivity index (χ3n) is 5.41. The first-order valence-electron chi connectivity index (χ1n) is 10.9. The van der Waals surface area contributed by atoms with Crippen LogP contribution < -0.4 is 9.47 Å². The van der Waals surface area contributed by atoms with Crippen LogP contribution in [0.4, 0.5) is 5.69 Å². The quantitative estimate of drug-likeness (QED) is 0.102. The van der Waals surface area contributed by atoms with Gasteiger partial charge in [-0.2, -0.15) is 5.26 Å². The molecule has 0 unspecified atom stereocenters. The average Bonchev–Trinajstić information content (AvgIpc) is 2.88. The van der Waals surface area contributed by atoms with E-state index in [0.717, 1.165) is 16.3 Å². The van der Waals surface area contributed by atoms with Gasteiger partial charge >= 0.3 is 0 Å². The molecule has 0 aliphatic carbocycles. The standard InChI is InChI=1S/C28H21BrN2O4/c1-2-34-27-15-22(13-23(17-30)20-9-6-11-24(14-20)31(32)33)26(29)16-28(27)35-18-21-10-5-8-19-7-3-4-12-25(19)21/h3-16H,2,18H2,1H3/b23-13-. The molecule has 0 bridgehead atoms. The lowest BCUT2D eigenvalue weighted by Gasteiger charge is -2.15. The molecular weight excluding hydrogens is 508 g/mol. The largest absolute Gasteiger partial charge is 0.490 e. The fourth-order valence-corrected chi connectivity index (χ4v) is 4.18. The van der Waals surface area contributed by atoms with Gasteiger partial charge in [0.15, 0.2) is 11.5 Å². The molecule has 4 aromatic carbocycles. The second-order valence-electron chi connectivity index (χ2n) is 7.66. The molecule has 0 aliphatic heterocycles. The number of benzene rings is 4. The molecule has 0 saturated heterocycles. The molecule has 0 aromatic heterocycles. The highest BCUT2D eigenvalue weighted by molar-refractivity contribution is 9.10. The maximum absolute atomic E-state index is 11.1. The van der Waals surface area contributed by atoms with E-state index in [-0.39, 0.29) is 5.69 Å². The minimum atomic E-state index is -0.482. The SMILES string of the molecule is CCOc1cc(/C=C(/C#N)c2cccc([N+](=O)[O-])c2)c(Br)cc1OCc1cccc2ccccc12. The predicted molar refractivity (Wildman–Crippen MR) is 140 cm³/mol. The van der Waals surface area contributed by atoms with Gasteiger partial charge in [0, 0.05) is 16.6 Å². The van der Waals surface area contributed by atoms with Gasteiger partial charge in [0.25, 0.3) is 5.69 Å². The lowest BCUT2D eigenvalue weighted by atomic mass is 10.0. The molecule has 0 fully saturated rings. The summed E-state index contributed by atoms with van der Waals surface area (Å²) in [6, 6.07) is 26.0. The molecule has 6 nitrogen and oxygen atoms in total. The van der Waals surface area contributed by atoms with Crippen LogP contribution in [-0.2, 0) is 6.61 Å². The molecule has 35 heavy (non-hydrogen) atoms. The Bertz CT molecular complexity index is 1470. The Morgan fingerprint density at radius 3 is 2.54 bits per heavy atom. The average molecular weight is 529 g/mol. The van der Waals surface area contributed by atoms with Crippen molar-refractivity contribution in [2.45, 2.75) is 13.5 Å². The maximum atomic E-state index is 11.1. The summed E-state index contributed by atoms with van der Waals surface area (Å²) in [5.41, 5.74) is 2.43. The van der Waals surface area contributed by atoms with Gasteiger partial charge in [0.05, 0.1) is 23.2 Å². The summed E-state index contributed by atoms with van der Waals surface area (Å²) in [4.78, 5) is 10.6. The highest BCUT2D eigenvalue weighted by atomic mass is 79.9. The Balaban J connectivity index is 1.67. The van der Waals surface area contributed by atoms with Gasteiger partial charge in [-0.25, -0.2) is 0 Å². The number of nitro benzene ring substituents is 1. The summed E-state index contributed by atoms with van der Waals surface area (Å²) in [5.74, 6) is 1.11. The normalized spacial score (nSPS) is 11.2. The van der Waals surface area contributed by atoms with Gasteiger partial charge in [-0.05, 0) is 52.6 Å². The molecular formula is C28H21BrN2O4. The zero-order valence-corrected chi connectivity index (χ0v) is 20.5. The van der Waals surface area contributed by atoms with Crippen molar-refractivity contribution in [1.82, 2.24) is 0 Å². The fourth-order valence-electron chi connectivity index (χ4n) is 3.74. The third kappa shape index (κ3) is 5.51. The number of ether oxygens (including phenoxy) is 2. The van der Waals surface area contributed by atoms with Crippen molar-refractivity contribution in [2.24, 2.45) is 0 Å². The van der Waals surface area contributed by atoms with Crippen LogP contribution in [-0.4, -0.2) is 11.5 Å². The van der Waals surface area contributed by atoms with Gasteiger partial charge in [-0.15, -0.1) is 0 Å². The van der Waals surface area contributed by atoms with E-state index in [9.17, 15) is 15.4 Å². The molecule has 7 heteroatoms. The van der Waals surface area contributed by atoms with E-state index in [4.69, 9.17) is 9.47 Å². The molecule has 174 valence electrons. The molecule has 4 aromatic rings. The molecule has 0 N–H and O–H groups in total. The molecule has 0 heterocycles. The van der Waals surface area contributed by atoms with E-state index < -0.39 is 4.92 Å². The van der Waals surface area contributed by atoms with Crippen LogP contribution in [0.15, 0.2) is 83.3 Å². The highest BCUT2D eigenvalue weighted by Gasteiger charge is 2.14. The van der Waals surface area contributed by atoms with Crippen LogP contribution in [0.1, 0.15) is 23.6 Å². The number of hydrogen-bond donors (Lipinski definition) is 0. The van der Waals surface area contributed by atoms with Crippen molar-refractivity contribution in [3.63, 3.8) is 0 Å². The van der Waals surface area contributed by atoms with E-state index in [1.165, 1.54) is 12.1 Å². The van der Waals surface area contributed by atoms with Crippen molar-refractivity contribution >= 4 is 44.0 Å². The summed E-state index contributed by atoms with van der Waals surface area (Å²) in [6.07, 6.45) is 1.67. The van der Waals surface area contributed by atoms with Crippen LogP contribution in [0.5, 0.6) is 11.5 Å². The number of non-ortho nitro benzene ring substituents is 1. The van der Waals surface area contributed by atoms with Crippen molar-refractivity contribution in [3.8, 4) is 17.6 Å². The topological polar surface area (TPSA) is 85.4 Å². The van der Waals surface area contributed by atoms with Crippen molar-refractivity contribution in [2.75, 3.05) is 6.61 Å². The first kappa shape index (κ1) is 24.0. The van der Waals surface area contributed by atoms with E-state index in [2.05, 4.69) is 40.2 Å². The number of nitrogens with zero attached hydrogens (tertiary/aromatic N) is 2. The van der Waals surface area contributed by atoms with E-state index >= 15 is 0 Å². The summed E-state index contributed by atoms with van der Waals surface area (Å²) in [7, 11) is 0. The summed E-state index contributed by atoms with van der Waals surface area (Å²) < 4.78 is 12.7. The maximum Gasteiger partial charge on any atom is 0.270 e. The lowest BCUT2D eigenvalue weighted by Crippen LogP contribution is -2.01. The smallest absolute Gasteiger partial charge is 0.270 e. The van der Waals surface area contributed by atoms with Gasteiger partial charge in [0.2, 0.25) is 0 Å². The molecule has 0 amide bonds. The second-order valence-corrected chi connectivity index (χ2v) is 8.51. The summed E-state index contributed by atoms with van der Waals surface area (Å²) in [6.45, 7) is 2.68. The number of halogens is 1. The molecule has 0 atom stereocenters. The Morgan fingerprint density at radius 2 is 1.77 bits per heavy atom. The van der Waals surface area contributed by atoms with E-state index in [0.29, 0.717) is 45.9 Å². The minimum Gasteiger partial charge on any atom is -0.490 e. The third-order valence-corrected chi connectivity index (χ3v) is 6.10. The number of allylic oxidation sites excluding steroid dienone is 1. The molecule has 0 spiro atoms. The first-order valence-corrected chi connectivity index (χ1v) is 11.7. The second kappa shape index (κ2) is 10.9. The number of nitro groups is 1. The molecule has 0 radical (unpaired) electrons. The first-order chi connectivity index (χ1) is 17.0. The highest BCUT2D eigenvalue weighted by Crippen LogP contribution is 2.36. The van der Waals surface area contributed by atoms with Crippen molar-refractivity contribution in [1.29, 1.82) is 5.26 Å². The Morgan fingerprint density at radius 1 is 1.03 bits per heavy atom. The Labute approximate surface area is 211 Å². The number of fused-ring (bicyclic) bond motifs is 1. The molecule has 4 rings (SSSR count). The minimum absolute atomic E-state index is 0.0742. The van der Waals surface area contributed by atoms with E-state index in [1.54, 1.807) is 24.3 Å². The zero-order valence-electron chi connectivity index (χ0n) is 18.9. The molecule has 0 aliphatic rings. The van der Waals surface area contributed by atoms with Crippen LogP contribution in [0.25, 0.3) is 22.4 Å². The molecule has 0 saturated carbocycles. The zero-order chi connectivity index (χ0) is 24.8. The number of hydrogen-bond acceptors (Lipinski definition) is 5. The Hall–Kier alpha value is -4.15. The van der Waals surface area contributed by atoms with Gasteiger partial charge in [0.1, 0.15) is 6.61 Å². The van der Waals surface area contributed by atoms with Crippen LogP contribution in [0, 0.1) is 21.4 Å². The van der Waals surface area contributed by atoms with Gasteiger partial charge in [-0.1, -0.05) is 70.5 Å². The van der Waals surface area contributed by atoms with Crippen molar-refractivity contribution in [3.05, 3.63) is 110 Å². The number of nitriles is 1. The summed E-state index contributed by atoms with van der Waals surface area (Å²) >= 11 is 3.57. The monoisotopic (exact) mass is 528 g/mol. The van der Waals surface area contributed by atoms with E-state index in [1.807, 2.05) is 37.3 Å². The van der Waals surface area contributed by atoms with Crippen molar-refractivity contribution < 1.29 is 14.4 Å². The van der Waals surface area contributed by atoms with Gasteiger partial charge < -0.3 is 9.47 Å². The summed E-state index contributed by atoms with van der Waals surface area (Å²) in [5, 5.41) is 23.1. The van der Waals surface area contributed by atoms with Crippen LogP contribution in [0.2, 0.25) is 0 Å². The van der Waals surface area contributed by atoms with Gasteiger partial charge in [-0.3, -0.25) is 10.1 Å². The number of rotatable bonds is 8.